The predicted molar refractivity (Wildman–Crippen MR) is 302 cm³/mol. The molecule has 0 amide bonds. The minimum atomic E-state index is -3.94. The number of aromatic nitrogens is 3. The fourth-order valence-corrected chi connectivity index (χ4v) is 8.91. The van der Waals surface area contributed by atoms with Gasteiger partial charge in [-0.3, -0.25) is 9.55 Å². The molecule has 0 atom stereocenters. The number of benzene rings is 7. The molecule has 0 unspecified atom stereocenters. The van der Waals surface area contributed by atoms with Crippen LogP contribution in [0.5, 0.6) is 5.75 Å². The summed E-state index contributed by atoms with van der Waals surface area (Å²) in [7, 11) is 0. The first-order chi connectivity index (χ1) is 40.4. The number of hydrogen-bond acceptors (Lipinski definition) is 3. The summed E-state index contributed by atoms with van der Waals surface area (Å²) in [4.78, 5) is 10.0. The van der Waals surface area contributed by atoms with Crippen molar-refractivity contribution in [3.63, 3.8) is 0 Å². The summed E-state index contributed by atoms with van der Waals surface area (Å²) >= 11 is 0. The van der Waals surface area contributed by atoms with Crippen LogP contribution in [-0.2, 0) is 21.7 Å². The third-order valence-electron chi connectivity index (χ3n) is 13.1. The zero-order valence-electron chi connectivity index (χ0n) is 59.3. The van der Waals surface area contributed by atoms with Gasteiger partial charge in [0.05, 0.1) is 37.6 Å². The van der Waals surface area contributed by atoms with Crippen LogP contribution in [0.3, 0.4) is 0 Å². The van der Waals surface area contributed by atoms with Gasteiger partial charge in [-0.2, -0.15) is 0 Å². The molecule has 1 N–H and O–H groups in total. The average Bonchev–Trinajstić information content (AvgIpc) is 0.867. The number of phenolic OH excluding ortho intramolecular Hbond substituents is 1. The molecular formula is C67H71N3O. The fourth-order valence-electron chi connectivity index (χ4n) is 8.91. The first kappa shape index (κ1) is 32.0. The Morgan fingerprint density at radius 1 is 0.535 bits per heavy atom. The summed E-state index contributed by atoms with van der Waals surface area (Å²) in [6.45, 7) is 10.8. The molecule has 0 spiro atoms. The molecule has 4 nitrogen and oxygen atoms in total. The standard InChI is InChI=1S/C67H71N3O/c1-42(2)46-27-32-59(55(38-46)45-25-30-52(31-26-45)65(6,7)8)70-60-22-18-21-54(61(60)69-63(70)56-40-53(66(9,10)11)41-57(62(56)71)67(12,13)14)49-35-48(43-19-16-15-17-20-43)36-50(37-49)58-39-47(33-34-68-58)44-23-28-51(29-24-44)64(3,4)5/h15-42,71H,1-14H3/i3D3,4D3,5D3,23D,24D,28D,29D,33D,34D,39D,42D. The summed E-state index contributed by atoms with van der Waals surface area (Å²) in [6, 6.07) is 32.4. The maximum absolute atomic E-state index is 12.8. The summed E-state index contributed by atoms with van der Waals surface area (Å²) < 4.78 is 151. The van der Waals surface area contributed by atoms with Crippen molar-refractivity contribution in [2.45, 2.75) is 124 Å². The van der Waals surface area contributed by atoms with E-state index in [0.717, 1.165) is 27.8 Å². The predicted octanol–water partition coefficient (Wildman–Crippen LogP) is 18.4. The minimum Gasteiger partial charge on any atom is -0.507 e. The van der Waals surface area contributed by atoms with Crippen molar-refractivity contribution in [3.05, 3.63) is 192 Å². The number of imidazole rings is 1. The van der Waals surface area contributed by atoms with Gasteiger partial charge in [0, 0.05) is 42.1 Å². The summed E-state index contributed by atoms with van der Waals surface area (Å²) in [5, 5.41) is 12.8. The van der Waals surface area contributed by atoms with Crippen LogP contribution in [0.1, 0.15) is 154 Å². The lowest BCUT2D eigenvalue weighted by Crippen LogP contribution is -2.17. The number of phenols is 1. The van der Waals surface area contributed by atoms with Crippen molar-refractivity contribution in [2.75, 3.05) is 0 Å². The van der Waals surface area contributed by atoms with Gasteiger partial charge >= 0.3 is 0 Å². The smallest absolute Gasteiger partial charge is 0.149 e. The maximum atomic E-state index is 12.8. The molecule has 0 aliphatic rings. The number of aromatic hydroxyl groups is 1. The first-order valence-corrected chi connectivity index (χ1v) is 23.9. The van der Waals surface area contributed by atoms with Gasteiger partial charge in [0.25, 0.3) is 0 Å². The second kappa shape index (κ2) is 18.3. The van der Waals surface area contributed by atoms with Gasteiger partial charge in [-0.05, 0) is 138 Å². The van der Waals surface area contributed by atoms with Gasteiger partial charge < -0.3 is 5.11 Å². The topological polar surface area (TPSA) is 50.9 Å². The molecule has 0 radical (unpaired) electrons. The van der Waals surface area contributed by atoms with Crippen molar-refractivity contribution in [1.82, 2.24) is 14.5 Å². The Bertz CT molecular complexity index is 4160. The Balaban J connectivity index is 1.38. The maximum Gasteiger partial charge on any atom is 0.149 e. The number of pyridine rings is 1. The lowest BCUT2D eigenvalue weighted by molar-refractivity contribution is 0.446. The zero-order chi connectivity index (χ0) is 65.3. The van der Waals surface area contributed by atoms with Crippen LogP contribution in [0, 0.1) is 0 Å². The molecule has 9 aromatic rings. The Morgan fingerprint density at radius 2 is 1.21 bits per heavy atom. The number of nitrogens with zero attached hydrogens (tertiary/aromatic N) is 3. The highest BCUT2D eigenvalue weighted by Crippen LogP contribution is 2.46. The molecule has 4 heteroatoms. The molecule has 0 bridgehead atoms. The van der Waals surface area contributed by atoms with Crippen molar-refractivity contribution in [1.29, 1.82) is 0 Å². The van der Waals surface area contributed by atoms with E-state index in [9.17, 15) is 10.6 Å². The van der Waals surface area contributed by atoms with Gasteiger partial charge in [-0.1, -0.05) is 200 Å². The Labute approximate surface area is 447 Å². The second-order valence-electron chi connectivity index (χ2n) is 21.8. The molecule has 0 aliphatic heterocycles. The van der Waals surface area contributed by atoms with Crippen molar-refractivity contribution >= 4 is 11.0 Å². The molecule has 71 heavy (non-hydrogen) atoms. The van der Waals surface area contributed by atoms with Crippen LogP contribution in [0.25, 0.3) is 83.9 Å². The molecule has 360 valence electrons. The van der Waals surface area contributed by atoms with Gasteiger partial charge in [-0.15, -0.1) is 0 Å². The first-order valence-electron chi connectivity index (χ1n) is 32.4. The molecule has 9 rings (SSSR count). The normalized spacial score (nSPS) is 16.7. The number of fused-ring (bicyclic) bond motifs is 1. The molecule has 0 fully saturated rings. The number of rotatable bonds is 8. The van der Waals surface area contributed by atoms with E-state index in [-0.39, 0.29) is 27.8 Å². The van der Waals surface area contributed by atoms with Gasteiger partial charge in [0.15, 0.2) is 0 Å². The van der Waals surface area contributed by atoms with E-state index in [2.05, 4.69) is 70.8 Å². The largest absolute Gasteiger partial charge is 0.507 e. The molecule has 0 saturated carbocycles. The van der Waals surface area contributed by atoms with E-state index in [4.69, 9.17) is 22.8 Å². The van der Waals surface area contributed by atoms with E-state index in [1.807, 2.05) is 124 Å². The fraction of sp³-hybridized carbons (Fsp3) is 0.284. The van der Waals surface area contributed by atoms with Crippen LogP contribution >= 0.6 is 0 Å². The van der Waals surface area contributed by atoms with Crippen LogP contribution in [0.4, 0.5) is 0 Å². The van der Waals surface area contributed by atoms with Crippen LogP contribution in [0.2, 0.25) is 0 Å². The highest BCUT2D eigenvalue weighted by Gasteiger charge is 2.30. The molecular weight excluding hydrogens is 863 g/mol. The SMILES string of the molecule is [2H]c1nc(-c2cc(-c3ccccc3)cc(-c3cccc4c3nc(-c3cc(C(C)(C)C)cc(C(C)(C)C)c3O)n4-c3ccc(C([2H])(C)C)cc3-c3ccc(C(C)(C)C)cc3)c2)c([2H])c(-c2c([2H])c([2H])c(C(C([2H])([2H])[2H])(C([2H])([2H])[2H])C([2H])([2H])[2H])c([2H])c2[2H])c1[2H]. The third-order valence-corrected chi connectivity index (χ3v) is 13.1. The summed E-state index contributed by atoms with van der Waals surface area (Å²) in [5.74, 6) is -0.539. The molecule has 0 aliphatic carbocycles. The van der Waals surface area contributed by atoms with Crippen LogP contribution in [0.15, 0.2) is 164 Å². The Hall–Kier alpha value is -7.04. The minimum absolute atomic E-state index is 0.0448. The van der Waals surface area contributed by atoms with E-state index >= 15 is 0 Å². The quantitative estimate of drug-likeness (QED) is 0.165. The monoisotopic (exact) mass is 951 g/mol. The number of hydrogen-bond donors (Lipinski definition) is 1. The van der Waals surface area contributed by atoms with Crippen molar-refractivity contribution in [3.8, 4) is 78.6 Å². The lowest BCUT2D eigenvalue weighted by Gasteiger charge is -2.27. The molecule has 2 heterocycles. The van der Waals surface area contributed by atoms with E-state index in [1.165, 1.54) is 0 Å². The molecule has 2 aromatic heterocycles. The van der Waals surface area contributed by atoms with E-state index < -0.39 is 96.4 Å². The molecule has 7 aromatic carbocycles. The average molecular weight is 951 g/mol. The number of para-hydroxylation sites is 1. The summed E-state index contributed by atoms with van der Waals surface area (Å²) in [5.41, 5.74) is 2.13. The van der Waals surface area contributed by atoms with Gasteiger partial charge in [0.1, 0.15) is 11.6 Å². The highest BCUT2D eigenvalue weighted by atomic mass is 16.3. The van der Waals surface area contributed by atoms with Crippen LogP contribution in [-0.4, -0.2) is 19.6 Å². The van der Waals surface area contributed by atoms with Crippen molar-refractivity contribution in [2.24, 2.45) is 0 Å². The zero-order valence-corrected chi connectivity index (χ0v) is 42.3. The van der Waals surface area contributed by atoms with Gasteiger partial charge in [-0.25, -0.2) is 4.98 Å². The highest BCUT2D eigenvalue weighted by molar-refractivity contribution is 5.98. The van der Waals surface area contributed by atoms with Gasteiger partial charge in [0.2, 0.25) is 0 Å². The second-order valence-corrected chi connectivity index (χ2v) is 21.8. The van der Waals surface area contributed by atoms with Crippen LogP contribution < -0.4 is 0 Å². The Morgan fingerprint density at radius 3 is 1.86 bits per heavy atom. The Kier molecular flexibility index (Phi) is 8.25. The van der Waals surface area contributed by atoms with Crippen molar-refractivity contribution < 1.29 is 28.4 Å². The van der Waals surface area contributed by atoms with E-state index in [1.54, 1.807) is 12.1 Å². The lowest BCUT2D eigenvalue weighted by atomic mass is 9.79. The summed E-state index contributed by atoms with van der Waals surface area (Å²) in [6.07, 6.45) is -0.753. The molecule has 0 saturated heterocycles. The third kappa shape index (κ3) is 9.87. The van der Waals surface area contributed by atoms with E-state index in [0.29, 0.717) is 55.9 Å².